The molecule has 8 heteroatoms. The Morgan fingerprint density at radius 3 is 1.06 bits per heavy atom. The molecular formula is C26H38N2S6. The highest BCUT2D eigenvalue weighted by Crippen LogP contribution is 2.21. The fourth-order valence-electron chi connectivity index (χ4n) is 2.39. The van der Waals surface area contributed by atoms with Crippen LogP contribution in [-0.2, 0) is 0 Å². The van der Waals surface area contributed by atoms with Crippen LogP contribution in [0.3, 0.4) is 0 Å². The third-order valence-corrected chi connectivity index (χ3v) is 9.73. The normalized spacial score (nSPS) is 10.1. The molecule has 0 unspecified atom stereocenters. The number of rotatable bonds is 20. The molecule has 0 aliphatic rings. The quantitative estimate of drug-likeness (QED) is 0.108. The Morgan fingerprint density at radius 1 is 0.529 bits per heavy atom. The maximum absolute atomic E-state index is 5.52. The minimum absolute atomic E-state index is 0.734. The number of hydrogen-bond donors (Lipinski definition) is 0. The van der Waals surface area contributed by atoms with E-state index in [9.17, 15) is 0 Å². The van der Waals surface area contributed by atoms with Crippen LogP contribution >= 0.6 is 71.5 Å². The highest BCUT2D eigenvalue weighted by molar-refractivity contribution is 8.23. The van der Waals surface area contributed by atoms with Crippen LogP contribution in [0.1, 0.15) is 0 Å². The molecule has 2 nitrogen and oxygen atoms in total. The summed E-state index contributed by atoms with van der Waals surface area (Å²) in [7, 11) is 0. The predicted octanol–water partition coefficient (Wildman–Crippen LogP) is 7.51. The van der Waals surface area contributed by atoms with Crippen LogP contribution in [0.15, 0.2) is 87.1 Å². The average molecular weight is 571 g/mol. The summed E-state index contributed by atoms with van der Waals surface area (Å²) < 4.78 is 1.72. The zero-order chi connectivity index (χ0) is 25.8. The van der Waals surface area contributed by atoms with Gasteiger partial charge < -0.3 is 9.80 Å². The fraction of sp³-hybridized carbons (Fsp3) is 0.385. The molecule has 188 valence electrons. The van der Waals surface area contributed by atoms with Gasteiger partial charge in [0.1, 0.15) is 8.64 Å². The van der Waals surface area contributed by atoms with Crippen molar-refractivity contribution >= 4 is 80.1 Å². The number of nitrogens with zero attached hydrogens (tertiary/aromatic N) is 2. The van der Waals surface area contributed by atoms with E-state index < -0.39 is 0 Å². The number of thioether (sulfide) groups is 4. The molecule has 0 bridgehead atoms. The molecule has 0 saturated carbocycles. The first kappa shape index (κ1) is 33.4. The molecule has 0 amide bonds. The Labute approximate surface area is 236 Å². The lowest BCUT2D eigenvalue weighted by molar-refractivity contribution is 0.533. The van der Waals surface area contributed by atoms with Crippen LogP contribution in [0.4, 0.5) is 0 Å². The molecule has 0 aliphatic heterocycles. The second-order valence-corrected chi connectivity index (χ2v) is 12.5. The molecule has 0 aliphatic carbocycles. The Hall–Kier alpha value is -0.640. The fourth-order valence-corrected chi connectivity index (χ4v) is 6.71. The van der Waals surface area contributed by atoms with Gasteiger partial charge in [-0.25, -0.2) is 0 Å². The number of hydrogen-bond acceptors (Lipinski definition) is 6. The van der Waals surface area contributed by atoms with Gasteiger partial charge >= 0.3 is 0 Å². The summed E-state index contributed by atoms with van der Waals surface area (Å²) in [4.78, 5) is 4.16. The Morgan fingerprint density at radius 2 is 0.794 bits per heavy atom. The number of thiocarbonyl (C=S) groups is 2. The standard InChI is InChI=1S/C26H38N2S6/c1-8-12-27(13-9-2)25(29)33-20-23(6)18-31-16-22(5)17-32-19-24(7)21-34-26(30)28(14-10-3)15-11-4/h8-11H,1-7,12-21H2. The first-order chi connectivity index (χ1) is 16.3. The molecule has 0 saturated heterocycles. The van der Waals surface area contributed by atoms with Gasteiger partial charge in [0.05, 0.1) is 0 Å². The van der Waals surface area contributed by atoms with Crippen LogP contribution in [0, 0.1) is 0 Å². The lowest BCUT2D eigenvalue weighted by Crippen LogP contribution is -2.27. The second kappa shape index (κ2) is 21.6. The van der Waals surface area contributed by atoms with Crippen LogP contribution in [0.5, 0.6) is 0 Å². The summed E-state index contributed by atoms with van der Waals surface area (Å²) in [6, 6.07) is 0. The molecule has 0 radical (unpaired) electrons. The summed E-state index contributed by atoms with van der Waals surface area (Å²) in [5.41, 5.74) is 3.59. The lowest BCUT2D eigenvalue weighted by atomic mass is 10.4. The Kier molecular flexibility index (Phi) is 21.2. The van der Waals surface area contributed by atoms with Crippen LogP contribution in [0.25, 0.3) is 0 Å². The van der Waals surface area contributed by atoms with Gasteiger partial charge in [0.25, 0.3) is 0 Å². The first-order valence-corrected chi connectivity index (χ1v) is 15.8. The summed E-state index contributed by atoms with van der Waals surface area (Å²) in [6.07, 6.45) is 7.43. The molecule has 0 spiro atoms. The van der Waals surface area contributed by atoms with Gasteiger partial charge in [-0.15, -0.1) is 26.3 Å². The van der Waals surface area contributed by atoms with Crippen molar-refractivity contribution < 1.29 is 0 Å². The molecule has 0 aromatic rings. The van der Waals surface area contributed by atoms with Crippen molar-refractivity contribution in [3.63, 3.8) is 0 Å². The van der Waals surface area contributed by atoms with Gasteiger partial charge in [-0.05, 0) is 0 Å². The van der Waals surface area contributed by atoms with Crippen molar-refractivity contribution in [2.24, 2.45) is 0 Å². The third kappa shape index (κ3) is 16.9. The minimum atomic E-state index is 0.734. The van der Waals surface area contributed by atoms with Gasteiger partial charge in [0, 0.05) is 60.7 Å². The topological polar surface area (TPSA) is 6.48 Å². The van der Waals surface area contributed by atoms with Crippen molar-refractivity contribution in [1.29, 1.82) is 0 Å². The van der Waals surface area contributed by atoms with E-state index in [1.54, 1.807) is 23.5 Å². The molecule has 34 heavy (non-hydrogen) atoms. The zero-order valence-electron chi connectivity index (χ0n) is 20.2. The van der Waals surface area contributed by atoms with Crippen molar-refractivity contribution in [3.8, 4) is 0 Å². The van der Waals surface area contributed by atoms with Gasteiger partial charge in [-0.3, -0.25) is 0 Å². The third-order valence-electron chi connectivity index (χ3n) is 3.94. The smallest absolute Gasteiger partial charge is 0.137 e. The summed E-state index contributed by atoms with van der Waals surface area (Å²) in [5.74, 6) is 5.35. The maximum atomic E-state index is 5.52. The van der Waals surface area contributed by atoms with E-state index >= 15 is 0 Å². The average Bonchev–Trinajstić information content (AvgIpc) is 2.80. The first-order valence-electron chi connectivity index (χ1n) is 10.7. The van der Waals surface area contributed by atoms with E-state index in [1.165, 1.54) is 16.7 Å². The molecule has 0 fully saturated rings. The largest absolute Gasteiger partial charge is 0.350 e. The minimum Gasteiger partial charge on any atom is -0.350 e. The van der Waals surface area contributed by atoms with Crippen molar-refractivity contribution in [3.05, 3.63) is 87.1 Å². The SMILES string of the molecule is C=CCN(CC=C)C(=S)SCC(=C)CSCC(=C)CSCC(=C)CSC(=S)N(CC=C)CC=C. The van der Waals surface area contributed by atoms with Gasteiger partial charge in [-0.2, -0.15) is 23.5 Å². The van der Waals surface area contributed by atoms with E-state index in [-0.39, 0.29) is 0 Å². The molecule has 0 N–H and O–H groups in total. The molecule has 0 heterocycles. The van der Waals surface area contributed by atoms with Crippen molar-refractivity contribution in [2.75, 3.05) is 60.7 Å². The predicted molar refractivity (Wildman–Crippen MR) is 176 cm³/mol. The van der Waals surface area contributed by atoms with E-state index in [2.05, 4.69) is 55.9 Å². The molecule has 0 rings (SSSR count). The van der Waals surface area contributed by atoms with Crippen LogP contribution in [0.2, 0.25) is 0 Å². The highest BCUT2D eigenvalue weighted by Gasteiger charge is 2.09. The van der Waals surface area contributed by atoms with Crippen molar-refractivity contribution in [2.45, 2.75) is 0 Å². The van der Waals surface area contributed by atoms with Crippen LogP contribution in [-0.4, -0.2) is 79.1 Å². The summed E-state index contributed by atoms with van der Waals surface area (Å²) in [6.45, 7) is 30.7. The summed E-state index contributed by atoms with van der Waals surface area (Å²) >= 11 is 18.1. The van der Waals surface area contributed by atoms with E-state index in [0.29, 0.717) is 0 Å². The monoisotopic (exact) mass is 570 g/mol. The van der Waals surface area contributed by atoms with E-state index in [1.807, 2.05) is 47.8 Å². The second-order valence-electron chi connectivity index (χ2n) is 7.31. The lowest BCUT2D eigenvalue weighted by Gasteiger charge is -2.21. The Bertz CT molecular complexity index is 664. The molecular weight excluding hydrogens is 533 g/mol. The van der Waals surface area contributed by atoms with Crippen LogP contribution < -0.4 is 0 Å². The summed E-state index contributed by atoms with van der Waals surface area (Å²) in [5, 5.41) is 0. The van der Waals surface area contributed by atoms with Gasteiger partial charge in [0.2, 0.25) is 0 Å². The molecule has 0 aromatic carbocycles. The molecule has 0 aromatic heterocycles. The van der Waals surface area contributed by atoms with E-state index in [4.69, 9.17) is 24.4 Å². The van der Waals surface area contributed by atoms with Gasteiger partial charge in [-0.1, -0.05) is 109 Å². The highest BCUT2D eigenvalue weighted by atomic mass is 32.2. The maximum Gasteiger partial charge on any atom is 0.137 e. The van der Waals surface area contributed by atoms with Crippen molar-refractivity contribution in [1.82, 2.24) is 9.80 Å². The van der Waals surface area contributed by atoms with Gasteiger partial charge in [0.15, 0.2) is 0 Å². The molecule has 0 atom stereocenters. The Balaban J connectivity index is 4.03. The zero-order valence-corrected chi connectivity index (χ0v) is 25.1. The van der Waals surface area contributed by atoms with E-state index in [0.717, 1.165) is 69.3 Å².